The van der Waals surface area contributed by atoms with Crippen molar-refractivity contribution in [1.82, 2.24) is 10.2 Å². The summed E-state index contributed by atoms with van der Waals surface area (Å²) in [4.78, 5) is 36.4. The maximum atomic E-state index is 12.5. The Balaban J connectivity index is 1.77. The van der Waals surface area contributed by atoms with Gasteiger partial charge in [0.05, 0.1) is 27.5 Å². The van der Waals surface area contributed by atoms with Gasteiger partial charge in [0, 0.05) is 23.6 Å². The lowest BCUT2D eigenvalue weighted by atomic mass is 10.1. The number of nitro groups is 2. The van der Waals surface area contributed by atoms with E-state index < -0.39 is 27.1 Å². The summed E-state index contributed by atoms with van der Waals surface area (Å²) in [5.41, 5.74) is -1.06. The van der Waals surface area contributed by atoms with Crippen molar-refractivity contribution in [2.75, 3.05) is 19.6 Å². The second-order valence-electron chi connectivity index (χ2n) is 6.24. The minimum absolute atomic E-state index is 0.0186. The average Bonchev–Trinajstić information content (AvgIpc) is 3.35. The minimum atomic E-state index is -0.748. The number of nitro benzene ring substituents is 2. The van der Waals surface area contributed by atoms with Crippen molar-refractivity contribution in [2.45, 2.75) is 18.9 Å². The highest BCUT2D eigenvalue weighted by atomic mass is 32.1. The molecule has 1 aliphatic rings. The fourth-order valence-electron chi connectivity index (χ4n) is 3.17. The highest BCUT2D eigenvalue weighted by molar-refractivity contribution is 7.10. The van der Waals surface area contributed by atoms with Crippen LogP contribution in [0.5, 0.6) is 0 Å². The van der Waals surface area contributed by atoms with Crippen LogP contribution < -0.4 is 5.32 Å². The van der Waals surface area contributed by atoms with Crippen LogP contribution in [-0.2, 0) is 0 Å². The molecule has 1 aromatic carbocycles. The quantitative estimate of drug-likeness (QED) is 0.573. The first-order valence-electron chi connectivity index (χ1n) is 8.45. The molecule has 2 aromatic rings. The molecule has 0 radical (unpaired) electrons. The van der Waals surface area contributed by atoms with Gasteiger partial charge in [-0.05, 0) is 37.4 Å². The summed E-state index contributed by atoms with van der Waals surface area (Å²) in [7, 11) is 0. The average molecular weight is 390 g/mol. The first-order valence-corrected chi connectivity index (χ1v) is 9.33. The summed E-state index contributed by atoms with van der Waals surface area (Å²) in [6.07, 6.45) is 2.21. The minimum Gasteiger partial charge on any atom is -0.350 e. The molecule has 0 saturated carbocycles. The van der Waals surface area contributed by atoms with Crippen molar-refractivity contribution < 1.29 is 14.6 Å². The van der Waals surface area contributed by atoms with Gasteiger partial charge in [0.2, 0.25) is 0 Å². The van der Waals surface area contributed by atoms with Crippen LogP contribution in [0.25, 0.3) is 0 Å². The van der Waals surface area contributed by atoms with E-state index in [1.807, 2.05) is 17.5 Å². The number of nitrogens with zero attached hydrogens (tertiary/aromatic N) is 3. The molecule has 1 fully saturated rings. The predicted octanol–water partition coefficient (Wildman–Crippen LogP) is 3.13. The van der Waals surface area contributed by atoms with Crippen molar-refractivity contribution in [3.05, 3.63) is 66.4 Å². The Morgan fingerprint density at radius 3 is 2.30 bits per heavy atom. The Hall–Kier alpha value is -2.85. The summed E-state index contributed by atoms with van der Waals surface area (Å²) in [5.74, 6) is -0.567. The molecule has 1 aliphatic heterocycles. The standard InChI is InChI=1S/C17H18N4O5S/c22-17(12-8-13(20(23)24)10-14(9-12)21(25)26)18-11-15(16-4-3-7-27-16)19-5-1-2-6-19/h3-4,7-10,15H,1-2,5-6,11H2,(H,18,22). The topological polar surface area (TPSA) is 119 Å². The summed E-state index contributed by atoms with van der Waals surface area (Å²) < 4.78 is 0. The zero-order chi connectivity index (χ0) is 19.4. The summed E-state index contributed by atoms with van der Waals surface area (Å²) in [5, 5.41) is 26.7. The number of likely N-dealkylation sites (tertiary alicyclic amines) is 1. The predicted molar refractivity (Wildman–Crippen MR) is 100.0 cm³/mol. The van der Waals surface area contributed by atoms with Crippen molar-refractivity contribution >= 4 is 28.6 Å². The molecule has 0 bridgehead atoms. The first kappa shape index (κ1) is 18.9. The molecule has 1 N–H and O–H groups in total. The van der Waals surface area contributed by atoms with Crippen LogP contribution in [0.3, 0.4) is 0 Å². The van der Waals surface area contributed by atoms with E-state index in [1.165, 1.54) is 0 Å². The van der Waals surface area contributed by atoms with E-state index in [0.717, 1.165) is 49.0 Å². The maximum absolute atomic E-state index is 12.5. The summed E-state index contributed by atoms with van der Waals surface area (Å²) >= 11 is 1.61. The molecular formula is C17H18N4O5S. The fraction of sp³-hybridized carbons (Fsp3) is 0.353. The van der Waals surface area contributed by atoms with Crippen LogP contribution >= 0.6 is 11.3 Å². The summed E-state index contributed by atoms with van der Waals surface area (Å²) in [6, 6.07) is 6.93. The number of rotatable bonds is 7. The zero-order valence-electron chi connectivity index (χ0n) is 14.4. The number of carbonyl (C=O) groups excluding carboxylic acids is 1. The molecular weight excluding hydrogens is 372 g/mol. The Kier molecular flexibility index (Phi) is 5.77. The van der Waals surface area contributed by atoms with E-state index in [4.69, 9.17) is 0 Å². The van der Waals surface area contributed by atoms with Crippen LogP contribution in [0.15, 0.2) is 35.7 Å². The molecule has 1 amide bonds. The number of nitrogens with one attached hydrogen (secondary N) is 1. The number of thiophene rings is 1. The third-order valence-corrected chi connectivity index (χ3v) is 5.47. The number of amides is 1. The Bertz CT molecular complexity index is 817. The van der Waals surface area contributed by atoms with Crippen molar-refractivity contribution in [3.8, 4) is 0 Å². The molecule has 3 rings (SSSR count). The molecule has 1 unspecified atom stereocenters. The highest BCUT2D eigenvalue weighted by Gasteiger charge is 2.26. The van der Waals surface area contributed by atoms with E-state index in [1.54, 1.807) is 11.3 Å². The fourth-order valence-corrected chi connectivity index (χ4v) is 4.03. The van der Waals surface area contributed by atoms with Crippen LogP contribution in [0.2, 0.25) is 0 Å². The highest BCUT2D eigenvalue weighted by Crippen LogP contribution is 2.28. The van der Waals surface area contributed by atoms with E-state index in [9.17, 15) is 25.0 Å². The lowest BCUT2D eigenvalue weighted by Gasteiger charge is -2.26. The van der Waals surface area contributed by atoms with Crippen molar-refractivity contribution in [2.24, 2.45) is 0 Å². The van der Waals surface area contributed by atoms with Gasteiger partial charge < -0.3 is 5.32 Å². The van der Waals surface area contributed by atoms with Gasteiger partial charge in [0.1, 0.15) is 0 Å². The molecule has 142 valence electrons. The van der Waals surface area contributed by atoms with Gasteiger partial charge in [-0.15, -0.1) is 11.3 Å². The SMILES string of the molecule is O=C(NCC(c1cccs1)N1CCCC1)c1cc([N+](=O)[O-])cc([N+](=O)[O-])c1. The molecule has 2 heterocycles. The largest absolute Gasteiger partial charge is 0.350 e. The van der Waals surface area contributed by atoms with Gasteiger partial charge in [-0.25, -0.2) is 0 Å². The second-order valence-corrected chi connectivity index (χ2v) is 7.22. The number of carbonyl (C=O) groups is 1. The Labute approximate surface area is 158 Å². The van der Waals surface area contributed by atoms with Crippen LogP contribution in [0.4, 0.5) is 11.4 Å². The van der Waals surface area contributed by atoms with Crippen molar-refractivity contribution in [3.63, 3.8) is 0 Å². The number of hydrogen-bond donors (Lipinski definition) is 1. The van der Waals surface area contributed by atoms with Gasteiger partial charge >= 0.3 is 0 Å². The number of non-ortho nitro benzene ring substituents is 2. The molecule has 9 nitrogen and oxygen atoms in total. The first-order chi connectivity index (χ1) is 13.0. The van der Waals surface area contributed by atoms with Gasteiger partial charge in [0.15, 0.2) is 0 Å². The second kappa shape index (κ2) is 8.23. The molecule has 1 aromatic heterocycles. The van der Waals surface area contributed by atoms with E-state index >= 15 is 0 Å². The third kappa shape index (κ3) is 4.47. The van der Waals surface area contributed by atoms with Gasteiger partial charge in [-0.2, -0.15) is 0 Å². The van der Waals surface area contributed by atoms with E-state index in [2.05, 4.69) is 10.2 Å². The van der Waals surface area contributed by atoms with Gasteiger partial charge in [-0.3, -0.25) is 29.9 Å². The number of hydrogen-bond acceptors (Lipinski definition) is 7. The smallest absolute Gasteiger partial charge is 0.277 e. The molecule has 1 atom stereocenters. The molecule has 10 heteroatoms. The Morgan fingerprint density at radius 1 is 1.15 bits per heavy atom. The Morgan fingerprint density at radius 2 is 1.78 bits per heavy atom. The molecule has 1 saturated heterocycles. The van der Waals surface area contributed by atoms with Crippen LogP contribution in [0.1, 0.15) is 34.1 Å². The van der Waals surface area contributed by atoms with Crippen LogP contribution in [-0.4, -0.2) is 40.3 Å². The normalized spacial score (nSPS) is 15.4. The maximum Gasteiger partial charge on any atom is 0.277 e. The van der Waals surface area contributed by atoms with Crippen LogP contribution in [0, 0.1) is 20.2 Å². The lowest BCUT2D eigenvalue weighted by molar-refractivity contribution is -0.394. The molecule has 27 heavy (non-hydrogen) atoms. The monoisotopic (exact) mass is 390 g/mol. The summed E-state index contributed by atoms with van der Waals surface area (Å²) in [6.45, 7) is 2.22. The molecule has 0 aliphatic carbocycles. The van der Waals surface area contributed by atoms with Gasteiger partial charge in [0.25, 0.3) is 17.3 Å². The lowest BCUT2D eigenvalue weighted by Crippen LogP contribution is -2.36. The van der Waals surface area contributed by atoms with E-state index in [0.29, 0.717) is 6.54 Å². The molecule has 0 spiro atoms. The van der Waals surface area contributed by atoms with Crippen molar-refractivity contribution in [1.29, 1.82) is 0 Å². The van der Waals surface area contributed by atoms with Gasteiger partial charge in [-0.1, -0.05) is 6.07 Å². The number of benzene rings is 1. The van der Waals surface area contributed by atoms with E-state index in [-0.39, 0.29) is 11.6 Å². The third-order valence-electron chi connectivity index (χ3n) is 4.50. The zero-order valence-corrected chi connectivity index (χ0v) is 15.2.